The third-order valence-corrected chi connectivity index (χ3v) is 6.92. The van der Waals surface area contributed by atoms with E-state index in [1.165, 1.54) is 30.3 Å². The molecule has 1 amide bonds. The Hall–Kier alpha value is -3.62. The summed E-state index contributed by atoms with van der Waals surface area (Å²) in [7, 11) is 0. The summed E-state index contributed by atoms with van der Waals surface area (Å²) in [4.78, 5) is 17.4. The topological polar surface area (TPSA) is 35.6 Å². The van der Waals surface area contributed by atoms with Crippen LogP contribution < -0.4 is 15.1 Å². The Morgan fingerprint density at radius 3 is 2.44 bits per heavy atom. The first-order valence-corrected chi connectivity index (χ1v) is 11.7. The molecule has 0 radical (unpaired) electrons. The third kappa shape index (κ3) is 4.87. The first kappa shape index (κ1) is 24.1. The molecule has 36 heavy (non-hydrogen) atoms. The Morgan fingerprint density at radius 1 is 0.944 bits per heavy atom. The van der Waals surface area contributed by atoms with Gasteiger partial charge in [0, 0.05) is 37.6 Å². The van der Waals surface area contributed by atoms with Crippen LogP contribution in [0.25, 0.3) is 0 Å². The number of anilines is 2. The molecule has 9 heteroatoms. The average Bonchev–Trinajstić information content (AvgIpc) is 2.86. The molecule has 0 unspecified atom stereocenters. The van der Waals surface area contributed by atoms with E-state index in [0.29, 0.717) is 36.4 Å². The van der Waals surface area contributed by atoms with Gasteiger partial charge in [0.2, 0.25) is 5.91 Å². The van der Waals surface area contributed by atoms with Crippen molar-refractivity contribution in [3.63, 3.8) is 0 Å². The fourth-order valence-electron chi connectivity index (χ4n) is 5.15. The zero-order valence-electron chi connectivity index (χ0n) is 19.2. The van der Waals surface area contributed by atoms with Crippen molar-refractivity contribution in [2.75, 3.05) is 29.4 Å². The molecule has 1 saturated heterocycles. The number of hydrogen-bond acceptors (Lipinski definition) is 3. The first-order chi connectivity index (χ1) is 17.2. The summed E-state index contributed by atoms with van der Waals surface area (Å²) in [5, 5.41) is 2.84. The van der Waals surface area contributed by atoms with E-state index in [-0.39, 0.29) is 30.7 Å². The largest absolute Gasteiger partial charge is 0.416 e. The summed E-state index contributed by atoms with van der Waals surface area (Å²) in [5.74, 6) is -1.70. The molecule has 3 aromatic rings. The molecule has 0 saturated carbocycles. The Kier molecular flexibility index (Phi) is 6.32. The number of carbonyl (C=O) groups is 1. The highest BCUT2D eigenvalue weighted by atomic mass is 19.4. The van der Waals surface area contributed by atoms with E-state index >= 15 is 0 Å². The number of nitrogens with zero attached hydrogens (tertiary/aromatic N) is 2. The predicted octanol–water partition coefficient (Wildman–Crippen LogP) is 5.17. The van der Waals surface area contributed by atoms with Gasteiger partial charge in [-0.3, -0.25) is 4.79 Å². The van der Waals surface area contributed by atoms with Crippen LogP contribution in [0, 0.1) is 17.6 Å². The van der Waals surface area contributed by atoms with Crippen LogP contribution in [0.5, 0.6) is 0 Å². The van der Waals surface area contributed by atoms with Crippen molar-refractivity contribution in [2.45, 2.75) is 25.2 Å². The van der Waals surface area contributed by atoms with Crippen molar-refractivity contribution in [3.05, 3.63) is 95.1 Å². The molecule has 0 spiro atoms. The molecular formula is C27H24F5N3O. The number of fused-ring (bicyclic) bond motifs is 3. The van der Waals surface area contributed by atoms with Crippen LogP contribution in [0.1, 0.15) is 16.7 Å². The fraction of sp³-hybridized carbons (Fsp3) is 0.296. The predicted molar refractivity (Wildman–Crippen MR) is 127 cm³/mol. The number of alkyl halides is 3. The van der Waals surface area contributed by atoms with Gasteiger partial charge in [0.05, 0.1) is 17.5 Å². The summed E-state index contributed by atoms with van der Waals surface area (Å²) < 4.78 is 67.2. The summed E-state index contributed by atoms with van der Waals surface area (Å²) >= 11 is 0. The maximum absolute atomic E-state index is 13.6. The van der Waals surface area contributed by atoms with Crippen LogP contribution in [0.3, 0.4) is 0 Å². The van der Waals surface area contributed by atoms with E-state index in [4.69, 9.17) is 0 Å². The second kappa shape index (κ2) is 9.44. The van der Waals surface area contributed by atoms with E-state index in [2.05, 4.69) is 10.2 Å². The molecule has 2 aliphatic rings. The summed E-state index contributed by atoms with van der Waals surface area (Å²) in [6.07, 6.45) is -4.34. The van der Waals surface area contributed by atoms with Crippen LogP contribution in [-0.4, -0.2) is 31.6 Å². The number of rotatable bonds is 4. The van der Waals surface area contributed by atoms with Gasteiger partial charge in [0.15, 0.2) is 0 Å². The lowest BCUT2D eigenvalue weighted by atomic mass is 9.82. The van der Waals surface area contributed by atoms with Crippen molar-refractivity contribution in [1.82, 2.24) is 5.32 Å². The molecule has 2 aliphatic heterocycles. The zero-order valence-corrected chi connectivity index (χ0v) is 19.2. The van der Waals surface area contributed by atoms with Crippen molar-refractivity contribution in [2.24, 2.45) is 5.92 Å². The maximum atomic E-state index is 13.6. The molecule has 2 atom stereocenters. The van der Waals surface area contributed by atoms with Crippen LogP contribution in [0.2, 0.25) is 0 Å². The number of carbonyl (C=O) groups excluding carboxylic acids is 1. The lowest BCUT2D eigenvalue weighted by Gasteiger charge is -2.49. The van der Waals surface area contributed by atoms with Gasteiger partial charge in [-0.25, -0.2) is 8.78 Å². The standard InChI is InChI=1S/C27H24F5N3O/c28-20-5-7-22(8-6-20)34-10-11-35-24-9-4-19(27(30,31)32)13-18(24)14-23(25(35)16-34)26(36)33-15-17-2-1-3-21(29)12-17/h1-9,12-13,23,25H,10-11,14-16H2,(H,33,36)/t23-,25-/m0/s1. The number of hydrogen-bond donors (Lipinski definition) is 1. The normalized spacial score (nSPS) is 19.5. The van der Waals surface area contributed by atoms with E-state index in [0.717, 1.165) is 17.8 Å². The van der Waals surface area contributed by atoms with Crippen LogP contribution in [0.15, 0.2) is 66.7 Å². The smallest absolute Gasteiger partial charge is 0.368 e. The Labute approximate surface area is 205 Å². The van der Waals surface area contributed by atoms with Crippen LogP contribution in [-0.2, 0) is 23.9 Å². The lowest BCUT2D eigenvalue weighted by Crippen LogP contribution is -2.61. The number of piperazine rings is 1. The van der Waals surface area contributed by atoms with Gasteiger partial charge in [-0.15, -0.1) is 0 Å². The third-order valence-electron chi connectivity index (χ3n) is 6.92. The van der Waals surface area contributed by atoms with Gasteiger partial charge in [-0.05, 0) is 72.1 Å². The zero-order chi connectivity index (χ0) is 25.4. The van der Waals surface area contributed by atoms with Gasteiger partial charge in [-0.2, -0.15) is 13.2 Å². The summed E-state index contributed by atoms with van der Waals surface area (Å²) in [5.41, 5.74) is 1.83. The van der Waals surface area contributed by atoms with Gasteiger partial charge in [-0.1, -0.05) is 12.1 Å². The highest BCUT2D eigenvalue weighted by Gasteiger charge is 2.42. The number of nitrogens with one attached hydrogen (secondary N) is 1. The van der Waals surface area contributed by atoms with Gasteiger partial charge >= 0.3 is 6.18 Å². The Balaban J connectivity index is 1.44. The SMILES string of the molecule is O=C(NCc1cccc(F)c1)[C@H]1Cc2cc(C(F)(F)F)ccc2N2CCN(c3ccc(F)cc3)C[C@@H]12. The van der Waals surface area contributed by atoms with Crippen molar-refractivity contribution >= 4 is 17.3 Å². The van der Waals surface area contributed by atoms with Crippen LogP contribution in [0.4, 0.5) is 33.3 Å². The molecule has 2 heterocycles. The van der Waals surface area contributed by atoms with E-state index in [9.17, 15) is 26.7 Å². The second-order valence-corrected chi connectivity index (χ2v) is 9.18. The first-order valence-electron chi connectivity index (χ1n) is 11.7. The molecule has 0 aliphatic carbocycles. The number of amides is 1. The molecule has 3 aromatic carbocycles. The monoisotopic (exact) mass is 501 g/mol. The number of benzene rings is 3. The minimum absolute atomic E-state index is 0.108. The van der Waals surface area contributed by atoms with Gasteiger partial charge in [0.25, 0.3) is 0 Å². The van der Waals surface area contributed by atoms with Gasteiger partial charge in [0.1, 0.15) is 11.6 Å². The molecule has 188 valence electrons. The maximum Gasteiger partial charge on any atom is 0.416 e. The van der Waals surface area contributed by atoms with E-state index in [1.54, 1.807) is 24.3 Å². The second-order valence-electron chi connectivity index (χ2n) is 9.18. The average molecular weight is 501 g/mol. The summed E-state index contributed by atoms with van der Waals surface area (Å²) in [6, 6.07) is 15.4. The molecule has 0 aromatic heterocycles. The minimum Gasteiger partial charge on any atom is -0.368 e. The van der Waals surface area contributed by atoms with Gasteiger partial charge < -0.3 is 15.1 Å². The van der Waals surface area contributed by atoms with Crippen LogP contribution >= 0.6 is 0 Å². The van der Waals surface area contributed by atoms with E-state index < -0.39 is 23.5 Å². The van der Waals surface area contributed by atoms with E-state index in [1.807, 2.05) is 4.90 Å². The lowest BCUT2D eigenvalue weighted by molar-refractivity contribution is -0.137. The molecule has 4 nitrogen and oxygen atoms in total. The molecule has 1 N–H and O–H groups in total. The molecule has 0 bridgehead atoms. The molecule has 5 rings (SSSR count). The Bertz CT molecular complexity index is 1260. The van der Waals surface area contributed by atoms with Crippen molar-refractivity contribution < 1.29 is 26.7 Å². The molecule has 1 fully saturated rings. The molecular weight excluding hydrogens is 477 g/mol. The Morgan fingerprint density at radius 2 is 1.72 bits per heavy atom. The van der Waals surface area contributed by atoms with Crippen molar-refractivity contribution in [1.29, 1.82) is 0 Å². The van der Waals surface area contributed by atoms with Crippen molar-refractivity contribution in [3.8, 4) is 0 Å². The fourth-order valence-corrected chi connectivity index (χ4v) is 5.15. The minimum atomic E-state index is -4.48. The summed E-state index contributed by atoms with van der Waals surface area (Å²) in [6.45, 7) is 1.62. The quantitative estimate of drug-likeness (QED) is 0.502. The number of halogens is 5. The highest BCUT2D eigenvalue weighted by molar-refractivity contribution is 5.82. The highest BCUT2D eigenvalue weighted by Crippen LogP contribution is 2.40.